The molecule has 0 aliphatic heterocycles. The zero-order valence-corrected chi connectivity index (χ0v) is 27.6. The van der Waals surface area contributed by atoms with E-state index in [2.05, 4.69) is 6.92 Å². The van der Waals surface area contributed by atoms with Crippen LogP contribution in [0.3, 0.4) is 0 Å². The molecule has 0 heterocycles. The van der Waals surface area contributed by atoms with Gasteiger partial charge in [-0.15, -0.1) is 0 Å². The number of rotatable bonds is 39. The van der Waals surface area contributed by atoms with Gasteiger partial charge in [0, 0.05) is 6.61 Å². The molecule has 12 heteroatoms. The molecular weight excluding hydrogens is 564 g/mol. The van der Waals surface area contributed by atoms with Gasteiger partial charge in [0.2, 0.25) is 0 Å². The second-order valence-electron chi connectivity index (χ2n) is 9.72. The van der Waals surface area contributed by atoms with Crippen molar-refractivity contribution in [2.24, 2.45) is 0 Å². The van der Waals surface area contributed by atoms with Gasteiger partial charge in [0.1, 0.15) is 0 Å². The first-order valence-electron chi connectivity index (χ1n) is 16.2. The van der Waals surface area contributed by atoms with Crippen LogP contribution in [0.15, 0.2) is 0 Å². The molecule has 0 rings (SSSR count). The Morgan fingerprint density at radius 3 is 0.744 bits per heavy atom. The molecule has 260 valence electrons. The highest BCUT2D eigenvalue weighted by Crippen LogP contribution is 1.98. The molecule has 0 saturated carbocycles. The molecule has 0 aromatic rings. The fraction of sp³-hybridized carbons (Fsp3) is 1.00. The summed E-state index contributed by atoms with van der Waals surface area (Å²) in [4.78, 5) is 0. The SMILES string of the molecule is CCCCCCOCCOCCOCCOCCOCCOCCOCCOCCOCCOCCOCCOC(C)C. The monoisotopic (exact) mass is 628 g/mol. The van der Waals surface area contributed by atoms with E-state index < -0.39 is 0 Å². The molecule has 0 unspecified atom stereocenters. The van der Waals surface area contributed by atoms with E-state index in [1.54, 1.807) is 0 Å². The van der Waals surface area contributed by atoms with Gasteiger partial charge in [0.15, 0.2) is 0 Å². The zero-order chi connectivity index (χ0) is 31.2. The second-order valence-corrected chi connectivity index (χ2v) is 9.72. The van der Waals surface area contributed by atoms with Crippen molar-refractivity contribution in [1.82, 2.24) is 0 Å². The average molecular weight is 629 g/mol. The minimum absolute atomic E-state index is 0.234. The van der Waals surface area contributed by atoms with Crippen molar-refractivity contribution in [2.45, 2.75) is 52.6 Å². The lowest BCUT2D eigenvalue weighted by Gasteiger charge is -2.09. The Bertz CT molecular complexity index is 488. The quantitative estimate of drug-likeness (QED) is 0.0933. The molecule has 0 spiro atoms. The molecular formula is C31H64O12. The standard InChI is InChI=1S/C31H64O12/c1-4-5-6-7-8-32-9-10-33-11-12-34-13-14-35-15-16-36-17-18-37-19-20-38-21-22-39-23-24-40-25-26-41-27-28-42-29-30-43-31(2)3/h31H,4-30H2,1-3H3. The first kappa shape index (κ1) is 42.5. The number of ether oxygens (including phenoxy) is 12. The topological polar surface area (TPSA) is 111 Å². The van der Waals surface area contributed by atoms with Crippen LogP contribution in [0.1, 0.15) is 46.5 Å². The normalized spacial score (nSPS) is 11.7. The molecule has 43 heavy (non-hydrogen) atoms. The van der Waals surface area contributed by atoms with Crippen molar-refractivity contribution in [3.8, 4) is 0 Å². The molecule has 0 aliphatic carbocycles. The predicted molar refractivity (Wildman–Crippen MR) is 164 cm³/mol. The van der Waals surface area contributed by atoms with E-state index in [1.807, 2.05) is 13.8 Å². The number of hydrogen-bond donors (Lipinski definition) is 0. The Morgan fingerprint density at radius 1 is 0.279 bits per heavy atom. The maximum atomic E-state index is 5.52. The van der Waals surface area contributed by atoms with Gasteiger partial charge >= 0.3 is 0 Å². The highest BCUT2D eigenvalue weighted by Gasteiger charge is 1.97. The van der Waals surface area contributed by atoms with E-state index in [9.17, 15) is 0 Å². The van der Waals surface area contributed by atoms with Gasteiger partial charge in [0.25, 0.3) is 0 Å². The lowest BCUT2D eigenvalue weighted by Crippen LogP contribution is -2.15. The summed E-state index contributed by atoms with van der Waals surface area (Å²) in [5.41, 5.74) is 0. The molecule has 0 aliphatic rings. The lowest BCUT2D eigenvalue weighted by atomic mass is 10.2. The van der Waals surface area contributed by atoms with Crippen LogP contribution in [-0.2, 0) is 56.8 Å². The molecule has 0 amide bonds. The molecule has 0 N–H and O–H groups in total. The number of unbranched alkanes of at least 4 members (excludes halogenated alkanes) is 3. The van der Waals surface area contributed by atoms with Crippen LogP contribution in [0, 0.1) is 0 Å². The maximum absolute atomic E-state index is 5.52. The van der Waals surface area contributed by atoms with Crippen molar-refractivity contribution in [1.29, 1.82) is 0 Å². The second kappa shape index (κ2) is 39.5. The van der Waals surface area contributed by atoms with E-state index in [0.29, 0.717) is 145 Å². The average Bonchev–Trinajstić information content (AvgIpc) is 3.00. The minimum atomic E-state index is 0.234. The first-order valence-corrected chi connectivity index (χ1v) is 16.2. The van der Waals surface area contributed by atoms with E-state index >= 15 is 0 Å². The van der Waals surface area contributed by atoms with Gasteiger partial charge in [-0.2, -0.15) is 0 Å². The summed E-state index contributed by atoms with van der Waals surface area (Å²) in [6.45, 7) is 19.1. The lowest BCUT2D eigenvalue weighted by molar-refractivity contribution is -0.0293. The largest absolute Gasteiger partial charge is 0.379 e. The van der Waals surface area contributed by atoms with Crippen LogP contribution < -0.4 is 0 Å². The van der Waals surface area contributed by atoms with Crippen LogP contribution in [-0.4, -0.2) is 158 Å². The third-order valence-electron chi connectivity index (χ3n) is 5.54. The van der Waals surface area contributed by atoms with E-state index in [1.165, 1.54) is 19.3 Å². The third-order valence-corrected chi connectivity index (χ3v) is 5.54. The summed E-state index contributed by atoms with van der Waals surface area (Å²) >= 11 is 0. The van der Waals surface area contributed by atoms with E-state index in [0.717, 1.165) is 13.0 Å². The van der Waals surface area contributed by atoms with Crippen LogP contribution >= 0.6 is 0 Å². The van der Waals surface area contributed by atoms with Crippen molar-refractivity contribution < 1.29 is 56.8 Å². The molecule has 0 saturated heterocycles. The Kier molecular flexibility index (Phi) is 39.1. The van der Waals surface area contributed by atoms with Crippen LogP contribution in [0.25, 0.3) is 0 Å². The van der Waals surface area contributed by atoms with Gasteiger partial charge in [-0.1, -0.05) is 26.2 Å². The Hall–Kier alpha value is -0.480. The highest BCUT2D eigenvalue weighted by molar-refractivity contribution is 4.41. The van der Waals surface area contributed by atoms with Crippen LogP contribution in [0.2, 0.25) is 0 Å². The zero-order valence-electron chi connectivity index (χ0n) is 27.6. The summed E-state index contributed by atoms with van der Waals surface area (Å²) in [7, 11) is 0. The molecule has 0 fully saturated rings. The molecule has 0 bridgehead atoms. The maximum Gasteiger partial charge on any atom is 0.0703 e. The summed E-state index contributed by atoms with van der Waals surface area (Å²) in [6, 6.07) is 0. The van der Waals surface area contributed by atoms with Gasteiger partial charge < -0.3 is 56.8 Å². The van der Waals surface area contributed by atoms with Crippen molar-refractivity contribution >= 4 is 0 Å². The fourth-order valence-electron chi connectivity index (χ4n) is 3.27. The van der Waals surface area contributed by atoms with Crippen LogP contribution in [0.5, 0.6) is 0 Å². The molecule has 0 aromatic heterocycles. The molecule has 0 radical (unpaired) electrons. The van der Waals surface area contributed by atoms with Gasteiger partial charge in [-0.3, -0.25) is 0 Å². The van der Waals surface area contributed by atoms with Gasteiger partial charge in [-0.05, 0) is 20.3 Å². The summed E-state index contributed by atoms with van der Waals surface area (Å²) in [5.74, 6) is 0. The molecule has 0 atom stereocenters. The van der Waals surface area contributed by atoms with Crippen LogP contribution in [0.4, 0.5) is 0 Å². The Balaban J connectivity index is 3.03. The first-order chi connectivity index (χ1) is 21.3. The van der Waals surface area contributed by atoms with Crippen molar-refractivity contribution in [3.05, 3.63) is 0 Å². The van der Waals surface area contributed by atoms with E-state index in [-0.39, 0.29) is 6.10 Å². The third kappa shape index (κ3) is 41.5. The van der Waals surface area contributed by atoms with Crippen molar-refractivity contribution in [2.75, 3.05) is 152 Å². The number of hydrogen-bond acceptors (Lipinski definition) is 12. The van der Waals surface area contributed by atoms with Gasteiger partial charge in [0.05, 0.1) is 151 Å². The Morgan fingerprint density at radius 2 is 0.512 bits per heavy atom. The predicted octanol–water partition coefficient (Wildman–Crippen LogP) is 3.17. The highest BCUT2D eigenvalue weighted by atomic mass is 16.6. The summed E-state index contributed by atoms with van der Waals surface area (Å²) < 4.78 is 65.6. The minimum Gasteiger partial charge on any atom is -0.379 e. The van der Waals surface area contributed by atoms with Crippen molar-refractivity contribution in [3.63, 3.8) is 0 Å². The smallest absolute Gasteiger partial charge is 0.0703 e. The molecule has 12 nitrogen and oxygen atoms in total. The van der Waals surface area contributed by atoms with Gasteiger partial charge in [-0.25, -0.2) is 0 Å². The molecule has 0 aromatic carbocycles. The Labute approximate surface area is 261 Å². The fourth-order valence-corrected chi connectivity index (χ4v) is 3.27. The summed E-state index contributed by atoms with van der Waals surface area (Å²) in [6.07, 6.45) is 5.13. The summed E-state index contributed by atoms with van der Waals surface area (Å²) in [5, 5.41) is 0. The van der Waals surface area contributed by atoms with E-state index in [4.69, 9.17) is 56.8 Å².